The van der Waals surface area contributed by atoms with E-state index in [4.69, 9.17) is 0 Å². The summed E-state index contributed by atoms with van der Waals surface area (Å²) in [5.74, 6) is -0.429. The van der Waals surface area contributed by atoms with Crippen molar-refractivity contribution < 1.29 is 9.59 Å². The highest BCUT2D eigenvalue weighted by molar-refractivity contribution is 6.39. The Labute approximate surface area is 107 Å². The van der Waals surface area contributed by atoms with Crippen molar-refractivity contribution in [3.63, 3.8) is 0 Å². The van der Waals surface area contributed by atoms with Crippen LogP contribution in [0.15, 0.2) is 18.2 Å². The van der Waals surface area contributed by atoms with Crippen molar-refractivity contribution in [2.24, 2.45) is 5.92 Å². The molecule has 0 aliphatic rings. The molecule has 0 saturated carbocycles. The summed E-state index contributed by atoms with van der Waals surface area (Å²) in [6.45, 7) is 6.44. The maximum Gasteiger partial charge on any atom is 0.314 e. The molecule has 0 unspecified atom stereocenters. The molecule has 0 bridgehead atoms. The van der Waals surface area contributed by atoms with E-state index in [2.05, 4.69) is 29.5 Å². The number of hydrogen-bond donors (Lipinski definition) is 2. The highest BCUT2D eigenvalue weighted by Gasteiger charge is 2.13. The molecule has 2 amide bonds. The minimum absolute atomic E-state index is 0.388. The Bertz CT molecular complexity index is 430. The van der Waals surface area contributed by atoms with Gasteiger partial charge in [0.05, 0.1) is 0 Å². The number of pyridine rings is 1. The molecule has 1 aromatic rings. The molecule has 0 atom stereocenters. The van der Waals surface area contributed by atoms with Gasteiger partial charge >= 0.3 is 11.8 Å². The summed E-state index contributed by atoms with van der Waals surface area (Å²) in [4.78, 5) is 27.1. The Morgan fingerprint density at radius 3 is 2.61 bits per heavy atom. The number of nitrogens with one attached hydrogen (secondary N) is 2. The largest absolute Gasteiger partial charge is 0.348 e. The van der Waals surface area contributed by atoms with E-state index in [1.165, 1.54) is 0 Å². The van der Waals surface area contributed by atoms with Crippen molar-refractivity contribution in [3.8, 4) is 0 Å². The lowest BCUT2D eigenvalue weighted by atomic mass is 10.1. The molecule has 2 N–H and O–H groups in total. The van der Waals surface area contributed by atoms with Gasteiger partial charge in [-0.2, -0.15) is 0 Å². The quantitative estimate of drug-likeness (QED) is 0.794. The van der Waals surface area contributed by atoms with Crippen LogP contribution < -0.4 is 10.6 Å². The Balaban J connectivity index is 2.43. The zero-order chi connectivity index (χ0) is 13.5. The molecule has 0 aliphatic heterocycles. The van der Waals surface area contributed by atoms with Crippen LogP contribution in [0, 0.1) is 12.8 Å². The monoisotopic (exact) mass is 249 g/mol. The second-order valence-corrected chi connectivity index (χ2v) is 4.56. The molecule has 1 aromatic heterocycles. The number of carbonyl (C=O) groups is 2. The summed E-state index contributed by atoms with van der Waals surface area (Å²) in [7, 11) is 0. The fraction of sp³-hybridized carbons (Fsp3) is 0.462. The topological polar surface area (TPSA) is 71.1 Å². The summed E-state index contributed by atoms with van der Waals surface area (Å²) in [6.07, 6.45) is 0.849. The number of aryl methyl sites for hydroxylation is 1. The smallest absolute Gasteiger partial charge is 0.314 e. The molecule has 0 spiro atoms. The fourth-order valence-electron chi connectivity index (χ4n) is 1.34. The number of anilines is 1. The lowest BCUT2D eigenvalue weighted by Gasteiger charge is -2.07. The van der Waals surface area contributed by atoms with Crippen LogP contribution in [0.25, 0.3) is 0 Å². The van der Waals surface area contributed by atoms with Gasteiger partial charge in [0.25, 0.3) is 0 Å². The van der Waals surface area contributed by atoms with E-state index in [0.29, 0.717) is 18.3 Å². The zero-order valence-corrected chi connectivity index (χ0v) is 11.0. The number of carbonyl (C=O) groups excluding carboxylic acids is 2. The van der Waals surface area contributed by atoms with Gasteiger partial charge in [0, 0.05) is 12.2 Å². The highest BCUT2D eigenvalue weighted by Crippen LogP contribution is 2.03. The molecular formula is C13H19N3O2. The number of amides is 2. The third-order valence-corrected chi connectivity index (χ3v) is 2.34. The van der Waals surface area contributed by atoms with Gasteiger partial charge < -0.3 is 10.6 Å². The summed E-state index contributed by atoms with van der Waals surface area (Å²) in [5, 5.41) is 5.03. The van der Waals surface area contributed by atoms with Crippen molar-refractivity contribution in [1.82, 2.24) is 10.3 Å². The van der Waals surface area contributed by atoms with Gasteiger partial charge in [0.15, 0.2) is 0 Å². The summed E-state index contributed by atoms with van der Waals surface area (Å²) in [5.41, 5.74) is 0.785. The first-order valence-electron chi connectivity index (χ1n) is 6.02. The average Bonchev–Trinajstić information content (AvgIpc) is 2.28. The predicted molar refractivity (Wildman–Crippen MR) is 70.1 cm³/mol. The van der Waals surface area contributed by atoms with Crippen molar-refractivity contribution >= 4 is 17.6 Å². The van der Waals surface area contributed by atoms with E-state index < -0.39 is 11.8 Å². The van der Waals surface area contributed by atoms with E-state index >= 15 is 0 Å². The summed E-state index contributed by atoms with van der Waals surface area (Å²) < 4.78 is 0. The Morgan fingerprint density at radius 1 is 1.28 bits per heavy atom. The predicted octanol–water partition coefficient (Wildman–Crippen LogP) is 1.49. The van der Waals surface area contributed by atoms with Gasteiger partial charge in [-0.1, -0.05) is 19.9 Å². The fourth-order valence-corrected chi connectivity index (χ4v) is 1.34. The number of rotatable bonds is 4. The second-order valence-electron chi connectivity index (χ2n) is 4.56. The molecule has 18 heavy (non-hydrogen) atoms. The highest BCUT2D eigenvalue weighted by atomic mass is 16.2. The van der Waals surface area contributed by atoms with Crippen molar-refractivity contribution in [2.75, 3.05) is 11.9 Å². The van der Waals surface area contributed by atoms with Gasteiger partial charge in [-0.25, -0.2) is 4.98 Å². The number of nitrogens with zero attached hydrogens (tertiary/aromatic N) is 1. The minimum Gasteiger partial charge on any atom is -0.348 e. The molecule has 0 radical (unpaired) electrons. The molecule has 1 rings (SSSR count). The molecule has 0 aromatic carbocycles. The summed E-state index contributed by atoms with van der Waals surface area (Å²) in [6, 6.07) is 5.24. The Kier molecular flexibility index (Phi) is 5.30. The second kappa shape index (κ2) is 6.74. The standard InChI is InChI=1S/C13H19N3O2/c1-9(2)7-8-14-12(17)13(18)16-11-6-4-5-10(3)15-11/h4-6,9H,7-8H2,1-3H3,(H,14,17)(H,15,16,18). The van der Waals surface area contributed by atoms with Crippen LogP contribution in [0.2, 0.25) is 0 Å². The third-order valence-electron chi connectivity index (χ3n) is 2.34. The number of aromatic nitrogens is 1. The van der Waals surface area contributed by atoms with Crippen LogP contribution in [0.5, 0.6) is 0 Å². The first-order chi connectivity index (χ1) is 8.49. The SMILES string of the molecule is Cc1cccc(NC(=O)C(=O)NCCC(C)C)n1. The van der Waals surface area contributed by atoms with E-state index in [9.17, 15) is 9.59 Å². The minimum atomic E-state index is -0.683. The van der Waals surface area contributed by atoms with Crippen LogP contribution in [-0.2, 0) is 9.59 Å². The lowest BCUT2D eigenvalue weighted by molar-refractivity contribution is -0.136. The zero-order valence-electron chi connectivity index (χ0n) is 11.0. The van der Waals surface area contributed by atoms with Crippen LogP contribution in [-0.4, -0.2) is 23.3 Å². The lowest BCUT2D eigenvalue weighted by Crippen LogP contribution is -2.36. The van der Waals surface area contributed by atoms with E-state index in [0.717, 1.165) is 12.1 Å². The van der Waals surface area contributed by atoms with Crippen LogP contribution >= 0.6 is 0 Å². The van der Waals surface area contributed by atoms with Crippen LogP contribution in [0.4, 0.5) is 5.82 Å². The van der Waals surface area contributed by atoms with Gasteiger partial charge in [-0.05, 0) is 31.4 Å². The molecule has 0 aliphatic carbocycles. The first-order valence-corrected chi connectivity index (χ1v) is 6.02. The van der Waals surface area contributed by atoms with E-state index in [1.54, 1.807) is 12.1 Å². The van der Waals surface area contributed by atoms with Crippen molar-refractivity contribution in [2.45, 2.75) is 27.2 Å². The average molecular weight is 249 g/mol. The molecule has 98 valence electrons. The molecule has 5 nitrogen and oxygen atoms in total. The van der Waals surface area contributed by atoms with E-state index in [1.807, 2.05) is 13.0 Å². The first kappa shape index (κ1) is 14.2. The van der Waals surface area contributed by atoms with Gasteiger partial charge in [-0.3, -0.25) is 9.59 Å². The molecular weight excluding hydrogens is 230 g/mol. The molecule has 1 heterocycles. The van der Waals surface area contributed by atoms with Crippen LogP contribution in [0.3, 0.4) is 0 Å². The van der Waals surface area contributed by atoms with Gasteiger partial charge in [0.1, 0.15) is 5.82 Å². The third kappa shape index (κ3) is 4.95. The molecule has 0 fully saturated rings. The van der Waals surface area contributed by atoms with Crippen molar-refractivity contribution in [3.05, 3.63) is 23.9 Å². The maximum atomic E-state index is 11.5. The van der Waals surface area contributed by atoms with Crippen molar-refractivity contribution in [1.29, 1.82) is 0 Å². The summed E-state index contributed by atoms with van der Waals surface area (Å²) >= 11 is 0. The van der Waals surface area contributed by atoms with Crippen LogP contribution in [0.1, 0.15) is 26.0 Å². The van der Waals surface area contributed by atoms with Gasteiger partial charge in [-0.15, -0.1) is 0 Å². The molecule has 0 saturated heterocycles. The maximum absolute atomic E-state index is 11.5. The van der Waals surface area contributed by atoms with Gasteiger partial charge in [0.2, 0.25) is 0 Å². The Hall–Kier alpha value is -1.91. The normalized spacial score (nSPS) is 10.2. The van der Waals surface area contributed by atoms with E-state index in [-0.39, 0.29) is 0 Å². The Morgan fingerprint density at radius 2 is 2.00 bits per heavy atom. The molecule has 5 heteroatoms. The number of hydrogen-bond acceptors (Lipinski definition) is 3.